The highest BCUT2D eigenvalue weighted by atomic mass is 127. The van der Waals surface area contributed by atoms with Crippen LogP contribution in [0.25, 0.3) is 0 Å². The van der Waals surface area contributed by atoms with E-state index in [-0.39, 0.29) is 41.3 Å². The zero-order chi connectivity index (χ0) is 21.0. The zero-order valence-corrected chi connectivity index (χ0v) is 21.1. The minimum Gasteiger partial charge on any atom is -0.357 e. The fraction of sp³-hybridized carbons (Fsp3) is 0.565. The fourth-order valence-corrected chi connectivity index (χ4v) is 4.20. The Morgan fingerprint density at radius 3 is 2.43 bits per heavy atom. The van der Waals surface area contributed by atoms with Gasteiger partial charge in [0.25, 0.3) is 0 Å². The number of hydrogen-bond donors (Lipinski definition) is 2. The molecule has 166 valence electrons. The van der Waals surface area contributed by atoms with Crippen LogP contribution in [0.1, 0.15) is 55.6 Å². The van der Waals surface area contributed by atoms with Crippen LogP contribution in [-0.4, -0.2) is 34.9 Å². The number of halogens is 2. The van der Waals surface area contributed by atoms with Gasteiger partial charge >= 0.3 is 0 Å². The van der Waals surface area contributed by atoms with Gasteiger partial charge in [0.2, 0.25) is 0 Å². The van der Waals surface area contributed by atoms with E-state index in [4.69, 9.17) is 4.99 Å². The molecule has 1 fully saturated rings. The van der Waals surface area contributed by atoms with Crippen LogP contribution in [0.5, 0.6) is 0 Å². The predicted molar refractivity (Wildman–Crippen MR) is 132 cm³/mol. The third kappa shape index (κ3) is 5.53. The molecule has 7 heteroatoms. The van der Waals surface area contributed by atoms with Crippen LogP contribution in [-0.2, 0) is 18.9 Å². The van der Waals surface area contributed by atoms with Gasteiger partial charge in [0.1, 0.15) is 5.82 Å². The van der Waals surface area contributed by atoms with Crippen molar-refractivity contribution >= 4 is 29.9 Å². The summed E-state index contributed by atoms with van der Waals surface area (Å²) in [7, 11) is 1.99. The van der Waals surface area contributed by atoms with E-state index in [9.17, 15) is 4.39 Å². The lowest BCUT2D eigenvalue weighted by Gasteiger charge is -2.41. The molecule has 3 rings (SSSR count). The van der Waals surface area contributed by atoms with Crippen molar-refractivity contribution in [3.05, 3.63) is 52.6 Å². The molecule has 1 unspecified atom stereocenters. The van der Waals surface area contributed by atoms with Crippen molar-refractivity contribution in [2.24, 2.45) is 12.0 Å². The van der Waals surface area contributed by atoms with Gasteiger partial charge in [-0.15, -0.1) is 24.0 Å². The summed E-state index contributed by atoms with van der Waals surface area (Å²) < 4.78 is 15.3. The Morgan fingerprint density at radius 1 is 1.27 bits per heavy atom. The first-order valence-electron chi connectivity index (χ1n) is 10.6. The third-order valence-electron chi connectivity index (χ3n) is 6.20. The van der Waals surface area contributed by atoms with Gasteiger partial charge in [0.15, 0.2) is 5.96 Å². The number of aromatic nitrogens is 2. The molecule has 0 radical (unpaired) electrons. The van der Waals surface area contributed by atoms with E-state index in [1.54, 1.807) is 12.1 Å². The molecule has 2 aromatic rings. The van der Waals surface area contributed by atoms with Crippen molar-refractivity contribution < 1.29 is 4.39 Å². The third-order valence-corrected chi connectivity index (χ3v) is 6.20. The summed E-state index contributed by atoms with van der Waals surface area (Å²) in [6.07, 6.45) is 4.31. The quantitative estimate of drug-likeness (QED) is 0.319. The lowest BCUT2D eigenvalue weighted by Crippen LogP contribution is -2.45. The highest BCUT2D eigenvalue weighted by Crippen LogP contribution is 2.44. The van der Waals surface area contributed by atoms with Crippen LogP contribution >= 0.6 is 24.0 Å². The topological polar surface area (TPSA) is 54.2 Å². The van der Waals surface area contributed by atoms with Gasteiger partial charge in [-0.3, -0.25) is 9.67 Å². The molecular formula is C23H35FIN5. The van der Waals surface area contributed by atoms with E-state index in [0.29, 0.717) is 6.54 Å². The molecule has 1 heterocycles. The van der Waals surface area contributed by atoms with Gasteiger partial charge in [-0.1, -0.05) is 18.6 Å². The summed E-state index contributed by atoms with van der Waals surface area (Å²) in [5.74, 6) is 0.657. The molecule has 0 amide bonds. The molecule has 1 aliphatic carbocycles. The number of rotatable bonds is 7. The first-order chi connectivity index (χ1) is 13.8. The molecule has 30 heavy (non-hydrogen) atoms. The molecule has 0 aliphatic heterocycles. The minimum atomic E-state index is -0.184. The average molecular weight is 527 g/mol. The Morgan fingerprint density at radius 2 is 1.93 bits per heavy atom. The highest BCUT2D eigenvalue weighted by Gasteiger charge is 2.38. The van der Waals surface area contributed by atoms with Gasteiger partial charge in [-0.2, -0.15) is 5.10 Å². The maximum absolute atomic E-state index is 13.3. The number of hydrogen-bond acceptors (Lipinski definition) is 2. The van der Waals surface area contributed by atoms with Crippen LogP contribution < -0.4 is 10.6 Å². The van der Waals surface area contributed by atoms with Crippen molar-refractivity contribution in [1.82, 2.24) is 20.4 Å². The minimum absolute atomic E-state index is 0. The summed E-state index contributed by atoms with van der Waals surface area (Å²) in [5, 5.41) is 11.4. The van der Waals surface area contributed by atoms with Crippen molar-refractivity contribution in [2.75, 3.05) is 13.1 Å². The molecule has 0 spiro atoms. The molecule has 0 bridgehead atoms. The fourth-order valence-electron chi connectivity index (χ4n) is 4.20. The summed E-state index contributed by atoms with van der Waals surface area (Å²) in [4.78, 5) is 4.92. The van der Waals surface area contributed by atoms with Crippen LogP contribution in [0, 0.1) is 19.7 Å². The Kier molecular flexibility index (Phi) is 8.70. The summed E-state index contributed by atoms with van der Waals surface area (Å²) >= 11 is 0. The van der Waals surface area contributed by atoms with Crippen molar-refractivity contribution in [3.8, 4) is 0 Å². The maximum Gasteiger partial charge on any atom is 0.191 e. The van der Waals surface area contributed by atoms with Crippen LogP contribution in [0.15, 0.2) is 29.3 Å². The number of aliphatic imine (C=N–C) groups is 1. The lowest BCUT2D eigenvalue weighted by atomic mass is 9.64. The second-order valence-electron chi connectivity index (χ2n) is 8.36. The first kappa shape index (κ1) is 24.6. The largest absolute Gasteiger partial charge is 0.357 e. The second kappa shape index (κ2) is 10.6. The van der Waals surface area contributed by atoms with Gasteiger partial charge in [-0.25, -0.2) is 4.39 Å². The van der Waals surface area contributed by atoms with Crippen molar-refractivity contribution in [2.45, 2.75) is 64.8 Å². The summed E-state index contributed by atoms with van der Waals surface area (Å²) in [6, 6.07) is 7.19. The van der Waals surface area contributed by atoms with E-state index in [1.807, 2.05) is 23.9 Å². The number of nitrogens with zero attached hydrogens (tertiary/aromatic N) is 3. The monoisotopic (exact) mass is 527 g/mol. The number of aryl methyl sites for hydroxylation is 2. The molecule has 0 saturated heterocycles. The SMILES string of the molecule is CCNC(=NCC1(c2ccc(F)cc2)CCC1)NC(C)Cc1c(C)nn(C)c1C.I. The Hall–Kier alpha value is -1.64. The second-order valence-corrected chi connectivity index (χ2v) is 8.36. The molecule has 1 atom stereocenters. The van der Waals surface area contributed by atoms with Crippen molar-refractivity contribution in [3.63, 3.8) is 0 Å². The molecule has 1 saturated carbocycles. The molecule has 5 nitrogen and oxygen atoms in total. The smallest absolute Gasteiger partial charge is 0.191 e. The van der Waals surface area contributed by atoms with Gasteiger partial charge in [-0.05, 0) is 70.2 Å². The van der Waals surface area contributed by atoms with Gasteiger partial charge < -0.3 is 10.6 Å². The van der Waals surface area contributed by atoms with Crippen LogP contribution in [0.3, 0.4) is 0 Å². The van der Waals surface area contributed by atoms with E-state index >= 15 is 0 Å². The van der Waals surface area contributed by atoms with E-state index in [0.717, 1.165) is 37.5 Å². The van der Waals surface area contributed by atoms with Gasteiger partial charge in [0, 0.05) is 30.7 Å². The van der Waals surface area contributed by atoms with Crippen LogP contribution in [0.4, 0.5) is 4.39 Å². The Bertz CT molecular complexity index is 855. The lowest BCUT2D eigenvalue weighted by molar-refractivity contribution is 0.253. The molecule has 2 N–H and O–H groups in total. The number of nitrogens with one attached hydrogen (secondary N) is 2. The molecular weight excluding hydrogens is 492 g/mol. The first-order valence-corrected chi connectivity index (χ1v) is 10.6. The number of guanidine groups is 1. The Balaban J connectivity index is 0.00000320. The molecule has 1 aliphatic rings. The standard InChI is InChI=1S/C23H34FN5.HI/c1-6-25-22(27-16(2)14-21-17(3)28-29(5)18(21)4)26-15-23(12-7-13-23)19-8-10-20(24)11-9-19;/h8-11,16H,6-7,12-15H2,1-5H3,(H2,25,26,27);1H. The predicted octanol–water partition coefficient (Wildman–Crippen LogP) is 4.40. The molecule has 1 aromatic heterocycles. The van der Waals surface area contributed by atoms with E-state index in [1.165, 1.54) is 23.2 Å². The highest BCUT2D eigenvalue weighted by molar-refractivity contribution is 14.0. The summed E-state index contributed by atoms with van der Waals surface area (Å²) in [6.45, 7) is 9.97. The average Bonchev–Trinajstić information content (AvgIpc) is 2.88. The maximum atomic E-state index is 13.3. The van der Waals surface area contributed by atoms with E-state index in [2.05, 4.69) is 43.4 Å². The number of benzene rings is 1. The van der Waals surface area contributed by atoms with E-state index < -0.39 is 0 Å². The van der Waals surface area contributed by atoms with Crippen LogP contribution in [0.2, 0.25) is 0 Å². The molecule has 1 aromatic carbocycles. The normalized spacial score (nSPS) is 16.4. The van der Waals surface area contributed by atoms with Gasteiger partial charge in [0.05, 0.1) is 12.2 Å². The zero-order valence-electron chi connectivity index (χ0n) is 18.8. The van der Waals surface area contributed by atoms with Crippen molar-refractivity contribution in [1.29, 1.82) is 0 Å². The Labute approximate surface area is 197 Å². The summed E-state index contributed by atoms with van der Waals surface area (Å²) in [5.41, 5.74) is 4.83.